The number of hydrogen-bond donors (Lipinski definition) is 3. The van der Waals surface area contributed by atoms with Crippen LogP contribution in [-0.4, -0.2) is 23.6 Å². The van der Waals surface area contributed by atoms with Crippen molar-refractivity contribution in [2.75, 3.05) is 6.54 Å². The third kappa shape index (κ3) is 4.17. The Hall–Kier alpha value is -2.66. The molecule has 3 N–H and O–H groups in total. The van der Waals surface area contributed by atoms with Gasteiger partial charge < -0.3 is 5.32 Å². The molecule has 0 aromatic heterocycles. The van der Waals surface area contributed by atoms with E-state index < -0.39 is 5.91 Å². The quantitative estimate of drug-likeness (QED) is 0.584. The molecule has 0 saturated heterocycles. The van der Waals surface area contributed by atoms with Gasteiger partial charge in [0.2, 0.25) is 0 Å². The number of nitrogens with one attached hydrogen (secondary N) is 2. The molecule has 2 amide bonds. The summed E-state index contributed by atoms with van der Waals surface area (Å²) >= 11 is 0. The van der Waals surface area contributed by atoms with Crippen molar-refractivity contribution in [2.24, 2.45) is 0 Å². The van der Waals surface area contributed by atoms with E-state index in [9.17, 15) is 9.59 Å². The molecule has 5 heteroatoms. The van der Waals surface area contributed by atoms with Crippen molar-refractivity contribution in [3.63, 3.8) is 0 Å². The van der Waals surface area contributed by atoms with E-state index >= 15 is 0 Å². The minimum atomic E-state index is -0.542. The largest absolute Gasteiger partial charge is 0.352 e. The van der Waals surface area contributed by atoms with Gasteiger partial charge in [-0.1, -0.05) is 29.8 Å². The zero-order valence-electron chi connectivity index (χ0n) is 12.3. The topological polar surface area (TPSA) is 78.4 Å². The third-order valence-corrected chi connectivity index (χ3v) is 3.30. The molecular formula is C17H18N2O3. The number of carbonyl (C=O) groups is 2. The van der Waals surface area contributed by atoms with Crippen LogP contribution in [0.3, 0.4) is 0 Å². The SMILES string of the molecule is Cc1cccc(C(=O)NCCc2ccc(C(=O)NO)cc2)c1. The Kier molecular flexibility index (Phi) is 5.27. The highest BCUT2D eigenvalue weighted by Gasteiger charge is 2.06. The normalized spacial score (nSPS) is 10.1. The summed E-state index contributed by atoms with van der Waals surface area (Å²) in [4.78, 5) is 23.2. The molecule has 2 rings (SSSR count). The molecule has 0 aliphatic heterocycles. The lowest BCUT2D eigenvalue weighted by Gasteiger charge is -2.07. The van der Waals surface area contributed by atoms with Crippen LogP contribution < -0.4 is 10.8 Å². The summed E-state index contributed by atoms with van der Waals surface area (Å²) in [7, 11) is 0. The van der Waals surface area contributed by atoms with Gasteiger partial charge in [0.25, 0.3) is 11.8 Å². The first-order chi connectivity index (χ1) is 10.6. The van der Waals surface area contributed by atoms with E-state index in [0.29, 0.717) is 24.1 Å². The van der Waals surface area contributed by atoms with Crippen LogP contribution in [0, 0.1) is 6.92 Å². The van der Waals surface area contributed by atoms with Gasteiger partial charge in [0, 0.05) is 17.7 Å². The average molecular weight is 298 g/mol. The molecule has 0 bridgehead atoms. The first-order valence-corrected chi connectivity index (χ1v) is 6.98. The van der Waals surface area contributed by atoms with Crippen molar-refractivity contribution in [2.45, 2.75) is 13.3 Å². The van der Waals surface area contributed by atoms with Crippen LogP contribution in [0.2, 0.25) is 0 Å². The van der Waals surface area contributed by atoms with Crippen LogP contribution in [-0.2, 0) is 6.42 Å². The summed E-state index contributed by atoms with van der Waals surface area (Å²) in [5, 5.41) is 11.4. The van der Waals surface area contributed by atoms with Crippen molar-refractivity contribution in [1.82, 2.24) is 10.8 Å². The Labute approximate surface area is 128 Å². The van der Waals surface area contributed by atoms with Gasteiger partial charge in [-0.3, -0.25) is 14.8 Å². The average Bonchev–Trinajstić information content (AvgIpc) is 2.54. The molecular weight excluding hydrogens is 280 g/mol. The van der Waals surface area contributed by atoms with E-state index in [1.54, 1.807) is 35.8 Å². The number of amides is 2. The Balaban J connectivity index is 1.86. The highest BCUT2D eigenvalue weighted by Crippen LogP contribution is 2.06. The molecule has 0 spiro atoms. The fourth-order valence-electron chi connectivity index (χ4n) is 2.10. The van der Waals surface area contributed by atoms with Crippen LogP contribution >= 0.6 is 0 Å². The molecule has 0 heterocycles. The number of benzene rings is 2. The fourth-order valence-corrected chi connectivity index (χ4v) is 2.10. The minimum Gasteiger partial charge on any atom is -0.352 e. The van der Waals surface area contributed by atoms with E-state index in [0.717, 1.165) is 11.1 Å². The van der Waals surface area contributed by atoms with Gasteiger partial charge in [0.05, 0.1) is 0 Å². The number of hydroxylamine groups is 1. The summed E-state index contributed by atoms with van der Waals surface area (Å²) in [5.41, 5.74) is 4.66. The number of carbonyl (C=O) groups excluding carboxylic acids is 2. The summed E-state index contributed by atoms with van der Waals surface area (Å²) in [6.45, 7) is 2.46. The number of rotatable bonds is 5. The lowest BCUT2D eigenvalue weighted by molar-refractivity contribution is 0.0706. The molecule has 0 fully saturated rings. The van der Waals surface area contributed by atoms with Gasteiger partial charge in [-0.25, -0.2) is 5.48 Å². The molecule has 0 saturated carbocycles. The molecule has 5 nitrogen and oxygen atoms in total. The second-order valence-corrected chi connectivity index (χ2v) is 5.01. The standard InChI is InChI=1S/C17H18N2O3/c1-12-3-2-4-15(11-12)16(20)18-10-9-13-5-7-14(8-6-13)17(21)19-22/h2-8,11,22H,9-10H2,1H3,(H,18,20)(H,19,21). The molecule has 22 heavy (non-hydrogen) atoms. The van der Waals surface area contributed by atoms with Crippen molar-refractivity contribution in [1.29, 1.82) is 0 Å². The van der Waals surface area contributed by atoms with E-state index in [1.807, 2.05) is 25.1 Å². The summed E-state index contributed by atoms with van der Waals surface area (Å²) in [5.74, 6) is -0.640. The molecule has 2 aromatic carbocycles. The third-order valence-electron chi connectivity index (χ3n) is 3.30. The smallest absolute Gasteiger partial charge is 0.274 e. The van der Waals surface area contributed by atoms with E-state index in [1.165, 1.54) is 0 Å². The lowest BCUT2D eigenvalue weighted by Crippen LogP contribution is -2.25. The molecule has 0 unspecified atom stereocenters. The Bertz CT molecular complexity index is 666. The molecule has 0 atom stereocenters. The Morgan fingerprint density at radius 1 is 1.00 bits per heavy atom. The van der Waals surface area contributed by atoms with Crippen LogP contribution in [0.1, 0.15) is 31.8 Å². The first kappa shape index (κ1) is 15.7. The van der Waals surface area contributed by atoms with Crippen molar-refractivity contribution in [3.05, 3.63) is 70.8 Å². The van der Waals surface area contributed by atoms with Gasteiger partial charge >= 0.3 is 0 Å². The van der Waals surface area contributed by atoms with Gasteiger partial charge in [-0.15, -0.1) is 0 Å². The maximum atomic E-state index is 12.0. The Morgan fingerprint density at radius 2 is 1.73 bits per heavy atom. The summed E-state index contributed by atoms with van der Waals surface area (Å²) < 4.78 is 0. The molecule has 0 radical (unpaired) electrons. The fraction of sp³-hybridized carbons (Fsp3) is 0.176. The first-order valence-electron chi connectivity index (χ1n) is 6.98. The molecule has 2 aromatic rings. The highest BCUT2D eigenvalue weighted by atomic mass is 16.5. The zero-order valence-corrected chi connectivity index (χ0v) is 12.3. The maximum Gasteiger partial charge on any atom is 0.274 e. The van der Waals surface area contributed by atoms with Crippen molar-refractivity contribution >= 4 is 11.8 Å². The van der Waals surface area contributed by atoms with E-state index in [4.69, 9.17) is 5.21 Å². The second kappa shape index (κ2) is 7.38. The van der Waals surface area contributed by atoms with Crippen LogP contribution in [0.15, 0.2) is 48.5 Å². The van der Waals surface area contributed by atoms with Crippen LogP contribution in [0.4, 0.5) is 0 Å². The van der Waals surface area contributed by atoms with Gasteiger partial charge in [0.15, 0.2) is 0 Å². The summed E-state index contributed by atoms with van der Waals surface area (Å²) in [6, 6.07) is 14.3. The van der Waals surface area contributed by atoms with E-state index in [2.05, 4.69) is 5.32 Å². The van der Waals surface area contributed by atoms with Gasteiger partial charge in [-0.2, -0.15) is 0 Å². The highest BCUT2D eigenvalue weighted by molar-refractivity contribution is 5.94. The second-order valence-electron chi connectivity index (χ2n) is 5.01. The molecule has 0 aliphatic rings. The Morgan fingerprint density at radius 3 is 2.36 bits per heavy atom. The minimum absolute atomic E-state index is 0.0972. The number of aryl methyl sites for hydroxylation is 1. The van der Waals surface area contributed by atoms with Crippen LogP contribution in [0.5, 0.6) is 0 Å². The van der Waals surface area contributed by atoms with Crippen molar-refractivity contribution in [3.8, 4) is 0 Å². The molecule has 114 valence electrons. The zero-order chi connectivity index (χ0) is 15.9. The summed E-state index contributed by atoms with van der Waals surface area (Å²) in [6.07, 6.45) is 0.665. The van der Waals surface area contributed by atoms with Gasteiger partial charge in [-0.05, 0) is 43.2 Å². The monoisotopic (exact) mass is 298 g/mol. The van der Waals surface area contributed by atoms with Crippen LogP contribution in [0.25, 0.3) is 0 Å². The molecule has 0 aliphatic carbocycles. The predicted molar refractivity (Wildman–Crippen MR) is 82.9 cm³/mol. The predicted octanol–water partition coefficient (Wildman–Crippen LogP) is 2.09. The van der Waals surface area contributed by atoms with Crippen molar-refractivity contribution < 1.29 is 14.8 Å². The van der Waals surface area contributed by atoms with E-state index in [-0.39, 0.29) is 5.91 Å². The number of hydrogen-bond acceptors (Lipinski definition) is 3. The maximum absolute atomic E-state index is 12.0. The lowest BCUT2D eigenvalue weighted by atomic mass is 10.1. The van der Waals surface area contributed by atoms with Gasteiger partial charge in [0.1, 0.15) is 0 Å².